The highest BCUT2D eigenvalue weighted by atomic mass is 35.5. The van der Waals surface area contributed by atoms with Gasteiger partial charge in [-0.25, -0.2) is 9.97 Å². The second-order valence-electron chi connectivity index (χ2n) is 9.48. The van der Waals surface area contributed by atoms with Crippen molar-refractivity contribution in [3.8, 4) is 5.75 Å². The van der Waals surface area contributed by atoms with Crippen molar-refractivity contribution in [1.29, 1.82) is 0 Å². The highest BCUT2D eigenvalue weighted by Crippen LogP contribution is 2.41. The Labute approximate surface area is 226 Å². The number of aryl methyl sites for hydroxylation is 1. The fourth-order valence-electron chi connectivity index (χ4n) is 4.75. The van der Waals surface area contributed by atoms with Gasteiger partial charge in [0.15, 0.2) is 0 Å². The molecular formula is C28H32ClN5O2S. The van der Waals surface area contributed by atoms with Gasteiger partial charge < -0.3 is 19.7 Å². The number of anilines is 2. The number of nitrogens with zero attached hydrogens (tertiary/aromatic N) is 4. The number of rotatable bonds is 11. The van der Waals surface area contributed by atoms with E-state index < -0.39 is 0 Å². The van der Waals surface area contributed by atoms with Crippen molar-refractivity contribution in [3.63, 3.8) is 0 Å². The smallest absolute Gasteiger partial charge is 0.142 e. The van der Waals surface area contributed by atoms with E-state index >= 15 is 0 Å². The minimum absolute atomic E-state index is 0.366. The van der Waals surface area contributed by atoms with Crippen LogP contribution in [0.25, 0.3) is 10.2 Å². The van der Waals surface area contributed by atoms with Gasteiger partial charge in [-0.05, 0) is 81.1 Å². The number of methoxy groups -OCH3 is 1. The lowest BCUT2D eigenvalue weighted by molar-refractivity contribution is 0.157. The number of hydrogen-bond acceptors (Lipinski definition) is 8. The van der Waals surface area contributed by atoms with Gasteiger partial charge in [0.2, 0.25) is 0 Å². The van der Waals surface area contributed by atoms with Crippen molar-refractivity contribution in [3.05, 3.63) is 70.1 Å². The van der Waals surface area contributed by atoms with Crippen molar-refractivity contribution < 1.29 is 9.47 Å². The largest absolute Gasteiger partial charge is 0.486 e. The van der Waals surface area contributed by atoms with E-state index in [1.165, 1.54) is 23.3 Å². The monoisotopic (exact) mass is 537 g/mol. The van der Waals surface area contributed by atoms with Crippen LogP contribution in [0.5, 0.6) is 5.75 Å². The molecule has 194 valence electrons. The third-order valence-corrected chi connectivity index (χ3v) is 8.30. The maximum Gasteiger partial charge on any atom is 0.142 e. The van der Waals surface area contributed by atoms with Crippen LogP contribution in [0.15, 0.2) is 48.9 Å². The van der Waals surface area contributed by atoms with Crippen molar-refractivity contribution in [2.45, 2.75) is 32.3 Å². The Morgan fingerprint density at radius 1 is 1.16 bits per heavy atom. The molecule has 1 atom stereocenters. The molecular weight excluding hydrogens is 506 g/mol. The summed E-state index contributed by atoms with van der Waals surface area (Å²) < 4.78 is 11.1. The number of pyridine rings is 1. The van der Waals surface area contributed by atoms with Gasteiger partial charge in [-0.2, -0.15) is 0 Å². The number of benzene rings is 1. The van der Waals surface area contributed by atoms with E-state index in [0.717, 1.165) is 60.0 Å². The fraction of sp³-hybridized carbons (Fsp3) is 0.393. The third kappa shape index (κ3) is 6.38. The number of fused-ring (bicyclic) bond motifs is 3. The average molecular weight is 538 g/mol. The minimum Gasteiger partial charge on any atom is -0.486 e. The maximum absolute atomic E-state index is 6.54. The van der Waals surface area contributed by atoms with E-state index in [4.69, 9.17) is 21.1 Å². The molecule has 0 radical (unpaired) electrons. The molecule has 0 fully saturated rings. The molecule has 1 aliphatic rings. The molecule has 3 heterocycles. The molecule has 1 aliphatic carbocycles. The standard InChI is InChI=1S/C28H32ClN5O2S/c1-34(13-14-35-2)12-10-19-6-8-22-25(15-19)37-28-26(22)27(31-18-32-28)33-20-7-9-24(23(29)16-20)36-17-21-5-3-4-11-30-21/h3-5,7,9,11,16,18-19H,6,8,10,12-15,17H2,1-2H3,(H,31,32,33). The number of nitrogens with one attached hydrogen (secondary N) is 1. The van der Waals surface area contributed by atoms with Crippen LogP contribution in [0.2, 0.25) is 5.02 Å². The highest BCUT2D eigenvalue weighted by Gasteiger charge is 2.25. The molecule has 1 N–H and O–H groups in total. The Bertz CT molecular complexity index is 1330. The average Bonchev–Trinajstić information content (AvgIpc) is 3.29. The fourth-order valence-corrected chi connectivity index (χ4v) is 6.29. The van der Waals surface area contributed by atoms with Gasteiger partial charge in [0.05, 0.1) is 22.7 Å². The Kier molecular flexibility index (Phi) is 8.51. The Morgan fingerprint density at radius 2 is 2.08 bits per heavy atom. The van der Waals surface area contributed by atoms with Crippen molar-refractivity contribution in [2.24, 2.45) is 5.92 Å². The summed E-state index contributed by atoms with van der Waals surface area (Å²) in [6, 6.07) is 11.5. The molecule has 0 aliphatic heterocycles. The summed E-state index contributed by atoms with van der Waals surface area (Å²) in [5, 5.41) is 5.16. The van der Waals surface area contributed by atoms with Crippen LogP contribution in [-0.4, -0.2) is 53.7 Å². The van der Waals surface area contributed by atoms with Crippen LogP contribution >= 0.6 is 22.9 Å². The zero-order chi connectivity index (χ0) is 25.6. The summed E-state index contributed by atoms with van der Waals surface area (Å²) >= 11 is 8.35. The van der Waals surface area contributed by atoms with Gasteiger partial charge in [-0.3, -0.25) is 4.98 Å². The van der Waals surface area contributed by atoms with Gasteiger partial charge in [-0.1, -0.05) is 17.7 Å². The topological polar surface area (TPSA) is 72.4 Å². The Hall–Kier alpha value is -2.78. The number of likely N-dealkylation sites (N-methyl/N-ethyl adjacent to an activating group) is 1. The molecule has 3 aromatic heterocycles. The molecule has 0 amide bonds. The van der Waals surface area contributed by atoms with Gasteiger partial charge in [0, 0.05) is 30.4 Å². The number of aromatic nitrogens is 3. The zero-order valence-electron chi connectivity index (χ0n) is 21.2. The van der Waals surface area contributed by atoms with Crippen LogP contribution in [0.4, 0.5) is 11.5 Å². The molecule has 0 saturated heterocycles. The van der Waals surface area contributed by atoms with Crippen LogP contribution in [0.3, 0.4) is 0 Å². The van der Waals surface area contributed by atoms with Gasteiger partial charge in [0.1, 0.15) is 29.3 Å². The number of ether oxygens (including phenoxy) is 2. The number of halogens is 1. The third-order valence-electron chi connectivity index (χ3n) is 6.84. The Morgan fingerprint density at radius 3 is 2.89 bits per heavy atom. The summed E-state index contributed by atoms with van der Waals surface area (Å²) in [4.78, 5) is 18.3. The van der Waals surface area contributed by atoms with E-state index in [0.29, 0.717) is 23.3 Å². The van der Waals surface area contributed by atoms with Crippen LogP contribution in [0, 0.1) is 5.92 Å². The van der Waals surface area contributed by atoms with Crippen molar-refractivity contribution >= 4 is 44.7 Å². The van der Waals surface area contributed by atoms with Crippen LogP contribution in [-0.2, 0) is 24.2 Å². The summed E-state index contributed by atoms with van der Waals surface area (Å²) in [5.41, 5.74) is 3.11. The van der Waals surface area contributed by atoms with E-state index in [1.807, 2.05) is 47.7 Å². The zero-order valence-corrected chi connectivity index (χ0v) is 22.8. The predicted molar refractivity (Wildman–Crippen MR) is 150 cm³/mol. The SMILES string of the molecule is COCCN(C)CCC1CCc2c(sc3ncnc(Nc4ccc(OCc5ccccn5)c(Cl)c4)c23)C1. The van der Waals surface area contributed by atoms with E-state index in [1.54, 1.807) is 19.6 Å². The maximum atomic E-state index is 6.54. The lowest BCUT2D eigenvalue weighted by atomic mass is 9.85. The van der Waals surface area contributed by atoms with Gasteiger partial charge >= 0.3 is 0 Å². The molecule has 4 aromatic rings. The second kappa shape index (κ2) is 12.2. The first-order valence-corrected chi connectivity index (χ1v) is 13.8. The minimum atomic E-state index is 0.366. The molecule has 1 unspecified atom stereocenters. The number of hydrogen-bond donors (Lipinski definition) is 1. The van der Waals surface area contributed by atoms with Gasteiger partial charge in [-0.15, -0.1) is 11.3 Å². The highest BCUT2D eigenvalue weighted by molar-refractivity contribution is 7.19. The predicted octanol–water partition coefficient (Wildman–Crippen LogP) is 6.14. The summed E-state index contributed by atoms with van der Waals surface area (Å²) in [5.74, 6) is 2.16. The molecule has 9 heteroatoms. The lowest BCUT2D eigenvalue weighted by Gasteiger charge is -2.25. The molecule has 7 nitrogen and oxygen atoms in total. The molecule has 37 heavy (non-hydrogen) atoms. The normalized spacial score (nSPS) is 15.2. The van der Waals surface area contributed by atoms with Crippen LogP contribution < -0.4 is 10.1 Å². The van der Waals surface area contributed by atoms with E-state index in [2.05, 4.69) is 32.2 Å². The molecule has 0 saturated carbocycles. The van der Waals surface area contributed by atoms with Crippen LogP contribution in [0.1, 0.15) is 29.0 Å². The quantitative estimate of drug-likeness (QED) is 0.246. The van der Waals surface area contributed by atoms with E-state index in [9.17, 15) is 0 Å². The molecule has 0 spiro atoms. The summed E-state index contributed by atoms with van der Waals surface area (Å²) in [6.45, 7) is 3.22. The number of thiophene rings is 1. The summed E-state index contributed by atoms with van der Waals surface area (Å²) in [7, 11) is 3.93. The first-order chi connectivity index (χ1) is 18.1. The Balaban J connectivity index is 1.27. The molecule has 1 aromatic carbocycles. The lowest BCUT2D eigenvalue weighted by Crippen LogP contribution is -2.26. The first kappa shape index (κ1) is 25.9. The second-order valence-corrected chi connectivity index (χ2v) is 11.0. The van der Waals surface area contributed by atoms with Gasteiger partial charge in [0.25, 0.3) is 0 Å². The summed E-state index contributed by atoms with van der Waals surface area (Å²) in [6.07, 6.45) is 7.97. The van der Waals surface area contributed by atoms with Crippen molar-refractivity contribution in [2.75, 3.05) is 39.2 Å². The van der Waals surface area contributed by atoms with Crippen molar-refractivity contribution in [1.82, 2.24) is 19.9 Å². The first-order valence-electron chi connectivity index (χ1n) is 12.6. The molecule has 5 rings (SSSR count). The molecule has 0 bridgehead atoms. The van der Waals surface area contributed by atoms with E-state index in [-0.39, 0.29) is 0 Å².